The molecule has 23 heavy (non-hydrogen) atoms. The Bertz CT molecular complexity index is 206. The SMILES string of the molecule is CCCCCCCCCC(CCO)CCCCCCCCCO. The van der Waals surface area contributed by atoms with E-state index >= 15 is 0 Å². The molecule has 0 fully saturated rings. The number of aliphatic hydroxyl groups excluding tert-OH is 2. The molecule has 2 heteroatoms. The van der Waals surface area contributed by atoms with E-state index in [-0.39, 0.29) is 0 Å². The minimum absolute atomic E-state index is 0.349. The first-order valence-electron chi connectivity index (χ1n) is 10.6. The minimum Gasteiger partial charge on any atom is -0.396 e. The van der Waals surface area contributed by atoms with E-state index in [9.17, 15) is 5.11 Å². The highest BCUT2D eigenvalue weighted by molar-refractivity contribution is 4.61. The highest BCUT2D eigenvalue weighted by Gasteiger charge is 2.07. The molecule has 1 atom stereocenters. The van der Waals surface area contributed by atoms with Crippen LogP contribution in [-0.4, -0.2) is 23.4 Å². The van der Waals surface area contributed by atoms with Gasteiger partial charge >= 0.3 is 0 Å². The zero-order chi connectivity index (χ0) is 17.0. The molecule has 0 aliphatic heterocycles. The van der Waals surface area contributed by atoms with E-state index in [1.165, 1.54) is 96.3 Å². The fourth-order valence-corrected chi connectivity index (χ4v) is 3.43. The lowest BCUT2D eigenvalue weighted by atomic mass is 9.92. The van der Waals surface area contributed by atoms with E-state index in [2.05, 4.69) is 6.92 Å². The molecule has 0 aliphatic carbocycles. The zero-order valence-corrected chi connectivity index (χ0v) is 15.9. The monoisotopic (exact) mass is 328 g/mol. The average Bonchev–Trinajstić information content (AvgIpc) is 2.56. The Morgan fingerprint density at radius 3 is 1.35 bits per heavy atom. The lowest BCUT2D eigenvalue weighted by Crippen LogP contribution is -2.03. The Hall–Kier alpha value is -0.0800. The third-order valence-corrected chi connectivity index (χ3v) is 5.02. The number of hydrogen-bond acceptors (Lipinski definition) is 2. The molecule has 0 aliphatic rings. The Labute approximate surface area is 146 Å². The lowest BCUT2D eigenvalue weighted by Gasteiger charge is -2.15. The second-order valence-electron chi connectivity index (χ2n) is 7.28. The largest absolute Gasteiger partial charge is 0.396 e. The van der Waals surface area contributed by atoms with Crippen LogP contribution in [0.15, 0.2) is 0 Å². The smallest absolute Gasteiger partial charge is 0.0433 e. The van der Waals surface area contributed by atoms with Gasteiger partial charge < -0.3 is 10.2 Å². The number of aliphatic hydroxyl groups is 2. The Morgan fingerprint density at radius 1 is 0.478 bits per heavy atom. The van der Waals surface area contributed by atoms with Crippen molar-refractivity contribution in [2.45, 2.75) is 116 Å². The Kier molecular flexibility index (Phi) is 19.9. The van der Waals surface area contributed by atoms with E-state index in [1.54, 1.807) is 0 Å². The minimum atomic E-state index is 0.349. The molecular formula is C21H44O2. The van der Waals surface area contributed by atoms with Gasteiger partial charge in [-0.25, -0.2) is 0 Å². The van der Waals surface area contributed by atoms with E-state index < -0.39 is 0 Å². The molecule has 1 unspecified atom stereocenters. The highest BCUT2D eigenvalue weighted by Crippen LogP contribution is 2.21. The quantitative estimate of drug-likeness (QED) is 0.276. The first kappa shape index (κ1) is 22.9. The van der Waals surface area contributed by atoms with Crippen LogP contribution in [0.2, 0.25) is 0 Å². The van der Waals surface area contributed by atoms with Crippen LogP contribution in [0.1, 0.15) is 116 Å². The molecule has 0 rings (SSSR count). The molecule has 2 nitrogen and oxygen atoms in total. The highest BCUT2D eigenvalue weighted by atomic mass is 16.3. The van der Waals surface area contributed by atoms with Crippen LogP contribution in [0.3, 0.4) is 0 Å². The number of hydrogen-bond donors (Lipinski definition) is 2. The third-order valence-electron chi connectivity index (χ3n) is 5.02. The summed E-state index contributed by atoms with van der Waals surface area (Å²) in [5, 5.41) is 18.0. The van der Waals surface area contributed by atoms with Gasteiger partial charge in [0.25, 0.3) is 0 Å². The van der Waals surface area contributed by atoms with Crippen LogP contribution in [0, 0.1) is 5.92 Å². The van der Waals surface area contributed by atoms with Crippen LogP contribution >= 0.6 is 0 Å². The summed E-state index contributed by atoms with van der Waals surface area (Å²) in [5.41, 5.74) is 0. The van der Waals surface area contributed by atoms with Crippen molar-refractivity contribution in [3.8, 4) is 0 Å². The summed E-state index contributed by atoms with van der Waals surface area (Å²) in [7, 11) is 0. The Morgan fingerprint density at radius 2 is 0.913 bits per heavy atom. The van der Waals surface area contributed by atoms with Crippen LogP contribution in [0.5, 0.6) is 0 Å². The van der Waals surface area contributed by atoms with Gasteiger partial charge in [0.05, 0.1) is 0 Å². The van der Waals surface area contributed by atoms with Crippen molar-refractivity contribution in [3.63, 3.8) is 0 Å². The predicted molar refractivity (Wildman–Crippen MR) is 102 cm³/mol. The van der Waals surface area contributed by atoms with Crippen molar-refractivity contribution in [2.75, 3.05) is 13.2 Å². The molecule has 140 valence electrons. The van der Waals surface area contributed by atoms with Gasteiger partial charge in [-0.05, 0) is 18.8 Å². The van der Waals surface area contributed by atoms with Gasteiger partial charge in [0.1, 0.15) is 0 Å². The first-order valence-corrected chi connectivity index (χ1v) is 10.6. The van der Waals surface area contributed by atoms with Gasteiger partial charge in [0.2, 0.25) is 0 Å². The molecule has 2 N–H and O–H groups in total. The summed E-state index contributed by atoms with van der Waals surface area (Å²) in [6, 6.07) is 0. The molecule has 0 amide bonds. The van der Waals surface area contributed by atoms with E-state index in [4.69, 9.17) is 5.11 Å². The fraction of sp³-hybridized carbons (Fsp3) is 1.00. The maximum atomic E-state index is 9.24. The van der Waals surface area contributed by atoms with Crippen LogP contribution in [0.4, 0.5) is 0 Å². The van der Waals surface area contributed by atoms with Crippen LogP contribution in [-0.2, 0) is 0 Å². The van der Waals surface area contributed by atoms with Crippen molar-refractivity contribution in [1.29, 1.82) is 0 Å². The van der Waals surface area contributed by atoms with Crippen molar-refractivity contribution in [1.82, 2.24) is 0 Å². The van der Waals surface area contributed by atoms with Gasteiger partial charge in [0.15, 0.2) is 0 Å². The summed E-state index contributed by atoms with van der Waals surface area (Å²) in [5.74, 6) is 0.755. The molecule has 0 radical (unpaired) electrons. The topological polar surface area (TPSA) is 40.5 Å². The van der Waals surface area contributed by atoms with Crippen LogP contribution < -0.4 is 0 Å². The summed E-state index contributed by atoms with van der Waals surface area (Å²) in [4.78, 5) is 0. The normalized spacial score (nSPS) is 12.7. The fourth-order valence-electron chi connectivity index (χ4n) is 3.43. The molecular weight excluding hydrogens is 284 g/mol. The lowest BCUT2D eigenvalue weighted by molar-refractivity contribution is 0.241. The molecule has 0 spiro atoms. The molecule has 0 heterocycles. The molecule has 0 saturated carbocycles. The van der Waals surface area contributed by atoms with Crippen molar-refractivity contribution in [2.24, 2.45) is 5.92 Å². The second-order valence-corrected chi connectivity index (χ2v) is 7.28. The predicted octanol–water partition coefficient (Wildman–Crippen LogP) is 6.24. The molecule has 0 aromatic heterocycles. The van der Waals surface area contributed by atoms with Gasteiger partial charge in [-0.3, -0.25) is 0 Å². The van der Waals surface area contributed by atoms with E-state index in [1.807, 2.05) is 0 Å². The molecule has 0 aromatic carbocycles. The first-order chi connectivity index (χ1) is 11.3. The van der Waals surface area contributed by atoms with Gasteiger partial charge in [-0.2, -0.15) is 0 Å². The average molecular weight is 329 g/mol. The van der Waals surface area contributed by atoms with Crippen LogP contribution in [0.25, 0.3) is 0 Å². The number of rotatable bonds is 19. The zero-order valence-electron chi connectivity index (χ0n) is 15.9. The third kappa shape index (κ3) is 18.1. The maximum absolute atomic E-state index is 9.24. The van der Waals surface area contributed by atoms with Crippen molar-refractivity contribution >= 4 is 0 Å². The summed E-state index contributed by atoms with van der Waals surface area (Å²) in [6.45, 7) is 2.98. The number of unbranched alkanes of at least 4 members (excludes halogenated alkanes) is 12. The van der Waals surface area contributed by atoms with Gasteiger partial charge in [-0.15, -0.1) is 0 Å². The van der Waals surface area contributed by atoms with Crippen molar-refractivity contribution in [3.05, 3.63) is 0 Å². The molecule has 0 saturated heterocycles. The summed E-state index contributed by atoms with van der Waals surface area (Å²) < 4.78 is 0. The molecule has 0 bridgehead atoms. The van der Waals surface area contributed by atoms with E-state index in [0.29, 0.717) is 13.2 Å². The standard InChI is InChI=1S/C21H44O2/c1-2-3-4-5-7-10-13-16-21(18-20-23)17-14-11-8-6-9-12-15-19-22/h21-23H,2-20H2,1H3. The Balaban J connectivity index is 3.43. The summed E-state index contributed by atoms with van der Waals surface area (Å²) >= 11 is 0. The molecule has 0 aromatic rings. The van der Waals surface area contributed by atoms with Gasteiger partial charge in [0, 0.05) is 13.2 Å². The second kappa shape index (κ2) is 20.0. The summed E-state index contributed by atoms with van der Waals surface area (Å²) in [6.07, 6.45) is 22.1. The maximum Gasteiger partial charge on any atom is 0.0433 e. The van der Waals surface area contributed by atoms with Gasteiger partial charge in [-0.1, -0.05) is 103 Å². The van der Waals surface area contributed by atoms with E-state index in [0.717, 1.165) is 18.8 Å². The van der Waals surface area contributed by atoms with Crippen molar-refractivity contribution < 1.29 is 10.2 Å².